The monoisotopic (exact) mass is 286 g/mol. The lowest BCUT2D eigenvalue weighted by Gasteiger charge is -2.19. The summed E-state index contributed by atoms with van der Waals surface area (Å²) in [4.78, 5) is 0. The molecule has 1 aliphatic rings. The van der Waals surface area contributed by atoms with Gasteiger partial charge in [0.15, 0.2) is 0 Å². The van der Waals surface area contributed by atoms with Gasteiger partial charge in [0.1, 0.15) is 17.7 Å². The molecule has 110 valence electrons. The van der Waals surface area contributed by atoms with Gasteiger partial charge in [-0.1, -0.05) is 29.8 Å². The van der Waals surface area contributed by atoms with Crippen molar-refractivity contribution >= 4 is 0 Å². The van der Waals surface area contributed by atoms with E-state index in [1.165, 1.54) is 23.3 Å². The van der Waals surface area contributed by atoms with E-state index < -0.39 is 0 Å². The molecule has 0 fully saturated rings. The van der Waals surface area contributed by atoms with Crippen LogP contribution in [0.5, 0.6) is 5.75 Å². The molecule has 21 heavy (non-hydrogen) atoms. The van der Waals surface area contributed by atoms with Gasteiger partial charge in [-0.05, 0) is 42.7 Å². The predicted molar refractivity (Wildman–Crippen MR) is 80.1 cm³/mol. The molecule has 0 radical (unpaired) electrons. The van der Waals surface area contributed by atoms with Crippen molar-refractivity contribution in [1.82, 2.24) is 0 Å². The molecule has 2 aromatic carbocycles. The number of aliphatic hydroxyl groups is 1. The quantitative estimate of drug-likeness (QED) is 0.930. The van der Waals surface area contributed by atoms with Crippen LogP contribution in [0.4, 0.5) is 4.39 Å². The van der Waals surface area contributed by atoms with E-state index in [9.17, 15) is 9.50 Å². The summed E-state index contributed by atoms with van der Waals surface area (Å²) in [6.07, 6.45) is 1.58. The number of fused-ring (bicyclic) bond motifs is 1. The van der Waals surface area contributed by atoms with Crippen LogP contribution in [0.25, 0.3) is 0 Å². The van der Waals surface area contributed by atoms with E-state index in [0.717, 1.165) is 17.7 Å². The lowest BCUT2D eigenvalue weighted by atomic mass is 9.92. The number of rotatable bonds is 4. The van der Waals surface area contributed by atoms with Crippen molar-refractivity contribution < 1.29 is 14.2 Å². The van der Waals surface area contributed by atoms with Gasteiger partial charge in [0.05, 0.1) is 6.61 Å². The number of halogens is 1. The summed E-state index contributed by atoms with van der Waals surface area (Å²) < 4.78 is 19.3. The second kappa shape index (κ2) is 5.86. The maximum atomic E-state index is 13.3. The minimum absolute atomic E-state index is 0.00130. The predicted octanol–water partition coefficient (Wildman–Crippen LogP) is 3.60. The molecule has 2 aromatic rings. The van der Waals surface area contributed by atoms with Crippen molar-refractivity contribution in [2.75, 3.05) is 6.61 Å². The highest BCUT2D eigenvalue weighted by Crippen LogP contribution is 2.34. The lowest BCUT2D eigenvalue weighted by Crippen LogP contribution is -2.19. The molecule has 0 aromatic heterocycles. The minimum atomic E-state index is -0.266. The molecule has 3 rings (SSSR count). The van der Waals surface area contributed by atoms with Crippen LogP contribution in [-0.2, 0) is 6.42 Å². The SMILES string of the molecule is Cc1ccc2c(c1)CC(CC(CO)c1cccc(F)c1)O2. The first-order chi connectivity index (χ1) is 10.2. The number of aryl methyl sites for hydroxylation is 1. The minimum Gasteiger partial charge on any atom is -0.490 e. The largest absolute Gasteiger partial charge is 0.490 e. The summed E-state index contributed by atoms with van der Waals surface area (Å²) in [5, 5.41) is 9.61. The third-order valence-electron chi connectivity index (χ3n) is 4.05. The fourth-order valence-electron chi connectivity index (χ4n) is 2.97. The van der Waals surface area contributed by atoms with Crippen molar-refractivity contribution in [3.63, 3.8) is 0 Å². The zero-order valence-electron chi connectivity index (χ0n) is 12.1. The number of ether oxygens (including phenoxy) is 1. The van der Waals surface area contributed by atoms with Crippen LogP contribution in [0.1, 0.15) is 29.0 Å². The Morgan fingerprint density at radius 3 is 2.90 bits per heavy atom. The normalized spacial score (nSPS) is 18.1. The summed E-state index contributed by atoms with van der Waals surface area (Å²) in [5.41, 5.74) is 3.27. The Balaban J connectivity index is 1.72. The molecule has 0 aliphatic carbocycles. The first kappa shape index (κ1) is 14.1. The van der Waals surface area contributed by atoms with Crippen LogP contribution in [0, 0.1) is 12.7 Å². The molecule has 2 nitrogen and oxygen atoms in total. The third kappa shape index (κ3) is 3.08. The summed E-state index contributed by atoms with van der Waals surface area (Å²) in [5.74, 6) is 0.569. The fourth-order valence-corrected chi connectivity index (χ4v) is 2.97. The zero-order valence-corrected chi connectivity index (χ0v) is 12.1. The fraction of sp³-hybridized carbons (Fsp3) is 0.333. The topological polar surface area (TPSA) is 29.5 Å². The van der Waals surface area contributed by atoms with Gasteiger partial charge in [-0.15, -0.1) is 0 Å². The first-order valence-electron chi connectivity index (χ1n) is 7.28. The number of aliphatic hydroxyl groups excluding tert-OH is 1. The van der Waals surface area contributed by atoms with E-state index in [4.69, 9.17) is 4.74 Å². The van der Waals surface area contributed by atoms with Gasteiger partial charge in [0.2, 0.25) is 0 Å². The van der Waals surface area contributed by atoms with E-state index in [1.807, 2.05) is 18.2 Å². The molecule has 0 saturated carbocycles. The Kier molecular flexibility index (Phi) is 3.93. The summed E-state index contributed by atoms with van der Waals surface area (Å²) in [7, 11) is 0. The summed E-state index contributed by atoms with van der Waals surface area (Å²) in [6, 6.07) is 12.6. The third-order valence-corrected chi connectivity index (χ3v) is 4.05. The van der Waals surface area contributed by atoms with Gasteiger partial charge < -0.3 is 9.84 Å². The van der Waals surface area contributed by atoms with Gasteiger partial charge in [-0.3, -0.25) is 0 Å². The second-order valence-corrected chi connectivity index (χ2v) is 5.73. The van der Waals surface area contributed by atoms with Crippen LogP contribution in [0.2, 0.25) is 0 Å². The van der Waals surface area contributed by atoms with Gasteiger partial charge in [-0.2, -0.15) is 0 Å². The number of benzene rings is 2. The molecule has 2 unspecified atom stereocenters. The number of hydrogen-bond acceptors (Lipinski definition) is 2. The van der Waals surface area contributed by atoms with Gasteiger partial charge in [0.25, 0.3) is 0 Å². The maximum absolute atomic E-state index is 13.3. The van der Waals surface area contributed by atoms with Crippen molar-refractivity contribution in [2.45, 2.75) is 31.8 Å². The van der Waals surface area contributed by atoms with Crippen molar-refractivity contribution in [3.8, 4) is 5.75 Å². The average Bonchev–Trinajstić information content (AvgIpc) is 2.86. The standard InChI is InChI=1S/C18H19FO2/c1-12-5-6-18-14(7-12)9-17(21-18)10-15(11-20)13-3-2-4-16(19)8-13/h2-8,15,17,20H,9-11H2,1H3. The Labute approximate surface area is 124 Å². The molecule has 2 atom stereocenters. The van der Waals surface area contributed by atoms with E-state index in [2.05, 4.69) is 13.0 Å². The van der Waals surface area contributed by atoms with Crippen LogP contribution in [-0.4, -0.2) is 17.8 Å². The molecular weight excluding hydrogens is 267 g/mol. The van der Waals surface area contributed by atoms with Crippen LogP contribution < -0.4 is 4.74 Å². The molecule has 0 saturated heterocycles. The highest BCUT2D eigenvalue weighted by atomic mass is 19.1. The van der Waals surface area contributed by atoms with Gasteiger partial charge in [0, 0.05) is 12.3 Å². The molecular formula is C18H19FO2. The summed E-state index contributed by atoms with van der Waals surface area (Å²) >= 11 is 0. The van der Waals surface area contributed by atoms with Crippen LogP contribution in [0.15, 0.2) is 42.5 Å². The molecule has 1 N–H and O–H groups in total. The van der Waals surface area contributed by atoms with Gasteiger partial charge >= 0.3 is 0 Å². The van der Waals surface area contributed by atoms with Gasteiger partial charge in [-0.25, -0.2) is 4.39 Å². The lowest BCUT2D eigenvalue weighted by molar-refractivity contribution is 0.179. The highest BCUT2D eigenvalue weighted by molar-refractivity contribution is 5.40. The molecule has 0 spiro atoms. The first-order valence-corrected chi connectivity index (χ1v) is 7.28. The molecule has 1 heterocycles. The Bertz CT molecular complexity index is 639. The molecule has 0 bridgehead atoms. The molecule has 1 aliphatic heterocycles. The zero-order chi connectivity index (χ0) is 14.8. The Hall–Kier alpha value is -1.87. The average molecular weight is 286 g/mol. The van der Waals surface area contributed by atoms with Crippen molar-refractivity contribution in [3.05, 3.63) is 65.0 Å². The van der Waals surface area contributed by atoms with E-state index in [-0.39, 0.29) is 24.4 Å². The molecule has 0 amide bonds. The van der Waals surface area contributed by atoms with Crippen molar-refractivity contribution in [2.24, 2.45) is 0 Å². The number of hydrogen-bond donors (Lipinski definition) is 1. The van der Waals surface area contributed by atoms with E-state index in [1.54, 1.807) is 6.07 Å². The molecule has 3 heteroatoms. The van der Waals surface area contributed by atoms with E-state index in [0.29, 0.717) is 6.42 Å². The van der Waals surface area contributed by atoms with Crippen LogP contribution in [0.3, 0.4) is 0 Å². The van der Waals surface area contributed by atoms with Crippen LogP contribution >= 0.6 is 0 Å². The van der Waals surface area contributed by atoms with E-state index >= 15 is 0 Å². The van der Waals surface area contributed by atoms with Crippen molar-refractivity contribution in [1.29, 1.82) is 0 Å². The second-order valence-electron chi connectivity index (χ2n) is 5.73. The summed E-state index contributed by atoms with van der Waals surface area (Å²) in [6.45, 7) is 2.07. The smallest absolute Gasteiger partial charge is 0.123 e. The maximum Gasteiger partial charge on any atom is 0.123 e. The Morgan fingerprint density at radius 2 is 2.14 bits per heavy atom. The highest BCUT2D eigenvalue weighted by Gasteiger charge is 2.26. The Morgan fingerprint density at radius 1 is 1.29 bits per heavy atom.